The van der Waals surface area contributed by atoms with Crippen LogP contribution in [0.5, 0.6) is 0 Å². The maximum Gasteiger partial charge on any atom is 0.222 e. The number of amides is 1. The van der Waals surface area contributed by atoms with Crippen molar-refractivity contribution in [3.8, 4) is 0 Å². The van der Waals surface area contributed by atoms with Crippen LogP contribution in [0, 0.1) is 5.92 Å². The first-order valence-electron chi connectivity index (χ1n) is 6.41. The van der Waals surface area contributed by atoms with E-state index in [-0.39, 0.29) is 11.8 Å². The van der Waals surface area contributed by atoms with Gasteiger partial charge in [-0.1, -0.05) is 13.8 Å². The molecule has 18 heavy (non-hydrogen) atoms. The van der Waals surface area contributed by atoms with E-state index in [4.69, 9.17) is 4.74 Å². The van der Waals surface area contributed by atoms with Crippen molar-refractivity contribution in [2.45, 2.75) is 20.8 Å². The van der Waals surface area contributed by atoms with Crippen molar-refractivity contribution in [2.24, 2.45) is 10.9 Å². The number of guanidine groups is 1. The van der Waals surface area contributed by atoms with Crippen LogP contribution >= 0.6 is 0 Å². The number of ether oxygens (including phenoxy) is 1. The number of nitrogens with one attached hydrogen (secondary N) is 3. The molecule has 106 valence electrons. The van der Waals surface area contributed by atoms with Gasteiger partial charge in [0.2, 0.25) is 5.91 Å². The molecule has 0 heterocycles. The van der Waals surface area contributed by atoms with Gasteiger partial charge in [-0.15, -0.1) is 0 Å². The van der Waals surface area contributed by atoms with Crippen LogP contribution in [0.25, 0.3) is 0 Å². The molecule has 0 aliphatic rings. The Morgan fingerprint density at radius 3 is 2.33 bits per heavy atom. The van der Waals surface area contributed by atoms with E-state index >= 15 is 0 Å². The van der Waals surface area contributed by atoms with Gasteiger partial charge in [-0.3, -0.25) is 9.79 Å². The van der Waals surface area contributed by atoms with Crippen LogP contribution in [0.15, 0.2) is 4.99 Å². The number of carbonyl (C=O) groups is 1. The van der Waals surface area contributed by atoms with E-state index in [1.54, 1.807) is 7.05 Å². The van der Waals surface area contributed by atoms with Crippen LogP contribution in [-0.4, -0.2) is 51.8 Å². The van der Waals surface area contributed by atoms with Crippen LogP contribution in [0.2, 0.25) is 0 Å². The fourth-order valence-corrected chi connectivity index (χ4v) is 1.18. The quantitative estimate of drug-likeness (QED) is 0.324. The van der Waals surface area contributed by atoms with Crippen LogP contribution in [0.4, 0.5) is 0 Å². The van der Waals surface area contributed by atoms with Crippen LogP contribution in [-0.2, 0) is 9.53 Å². The number of hydrogen-bond donors (Lipinski definition) is 3. The summed E-state index contributed by atoms with van der Waals surface area (Å²) in [6.45, 7) is 9.02. The van der Waals surface area contributed by atoms with Gasteiger partial charge < -0.3 is 20.7 Å². The second-order valence-electron chi connectivity index (χ2n) is 4.07. The Hall–Kier alpha value is -1.30. The average molecular weight is 258 g/mol. The largest absolute Gasteiger partial charge is 0.380 e. The summed E-state index contributed by atoms with van der Waals surface area (Å²) in [6.07, 6.45) is 0. The molecule has 0 aliphatic carbocycles. The molecule has 3 N–H and O–H groups in total. The SMILES string of the molecule is CCOCCNC(=NC)NCCNC(=O)C(C)C. The summed E-state index contributed by atoms with van der Waals surface area (Å²) in [6, 6.07) is 0. The summed E-state index contributed by atoms with van der Waals surface area (Å²) in [5, 5.41) is 9.05. The van der Waals surface area contributed by atoms with E-state index in [1.165, 1.54) is 0 Å². The van der Waals surface area contributed by atoms with Gasteiger partial charge in [0.25, 0.3) is 0 Å². The Labute approximate surface area is 110 Å². The zero-order valence-corrected chi connectivity index (χ0v) is 11.9. The molecule has 0 atom stereocenters. The van der Waals surface area contributed by atoms with Gasteiger partial charge in [-0.2, -0.15) is 0 Å². The van der Waals surface area contributed by atoms with E-state index in [0.29, 0.717) is 32.2 Å². The molecule has 0 aliphatic heterocycles. The van der Waals surface area contributed by atoms with Crippen LogP contribution < -0.4 is 16.0 Å². The van der Waals surface area contributed by atoms with Crippen molar-refractivity contribution >= 4 is 11.9 Å². The van der Waals surface area contributed by atoms with Crippen LogP contribution in [0.3, 0.4) is 0 Å². The second-order valence-corrected chi connectivity index (χ2v) is 4.07. The van der Waals surface area contributed by atoms with Crippen molar-refractivity contribution in [1.29, 1.82) is 0 Å². The zero-order valence-electron chi connectivity index (χ0n) is 11.9. The van der Waals surface area contributed by atoms with Gasteiger partial charge in [0.1, 0.15) is 0 Å². The van der Waals surface area contributed by atoms with Crippen molar-refractivity contribution in [3.05, 3.63) is 0 Å². The second kappa shape index (κ2) is 10.8. The smallest absolute Gasteiger partial charge is 0.222 e. The van der Waals surface area contributed by atoms with Gasteiger partial charge in [0, 0.05) is 39.2 Å². The lowest BCUT2D eigenvalue weighted by molar-refractivity contribution is -0.123. The fraction of sp³-hybridized carbons (Fsp3) is 0.833. The first-order valence-corrected chi connectivity index (χ1v) is 6.41. The molecule has 0 aromatic rings. The maximum absolute atomic E-state index is 11.3. The first kappa shape index (κ1) is 16.7. The van der Waals surface area contributed by atoms with Gasteiger partial charge in [-0.05, 0) is 6.92 Å². The summed E-state index contributed by atoms with van der Waals surface area (Å²) in [7, 11) is 1.71. The predicted octanol–water partition coefficient (Wildman–Crippen LogP) is -0.0399. The maximum atomic E-state index is 11.3. The van der Waals surface area contributed by atoms with Gasteiger partial charge >= 0.3 is 0 Å². The van der Waals surface area contributed by atoms with E-state index in [1.807, 2.05) is 20.8 Å². The minimum Gasteiger partial charge on any atom is -0.380 e. The number of aliphatic imine (C=N–C) groups is 1. The highest BCUT2D eigenvalue weighted by Gasteiger charge is 2.04. The average Bonchev–Trinajstić information content (AvgIpc) is 2.36. The standard InChI is InChI=1S/C12H26N4O2/c1-5-18-9-8-16-12(13-4)15-7-6-14-11(17)10(2)3/h10H,5-9H2,1-4H3,(H,14,17)(H2,13,15,16). The lowest BCUT2D eigenvalue weighted by Gasteiger charge is -2.12. The lowest BCUT2D eigenvalue weighted by Crippen LogP contribution is -2.43. The normalized spacial score (nSPS) is 11.5. The Morgan fingerprint density at radius 2 is 1.78 bits per heavy atom. The Balaban J connectivity index is 3.59. The predicted molar refractivity (Wildman–Crippen MR) is 73.7 cm³/mol. The molecule has 0 spiro atoms. The highest BCUT2D eigenvalue weighted by atomic mass is 16.5. The van der Waals surface area contributed by atoms with Crippen molar-refractivity contribution in [1.82, 2.24) is 16.0 Å². The summed E-state index contributed by atoms with van der Waals surface area (Å²) in [5.74, 6) is 0.804. The number of nitrogens with zero attached hydrogens (tertiary/aromatic N) is 1. The number of carbonyl (C=O) groups excluding carboxylic acids is 1. The van der Waals surface area contributed by atoms with E-state index in [2.05, 4.69) is 20.9 Å². The first-order chi connectivity index (χ1) is 8.61. The van der Waals surface area contributed by atoms with E-state index in [0.717, 1.165) is 6.61 Å². The monoisotopic (exact) mass is 258 g/mol. The molecule has 6 heteroatoms. The fourth-order valence-electron chi connectivity index (χ4n) is 1.18. The summed E-state index contributed by atoms with van der Waals surface area (Å²) < 4.78 is 5.21. The highest BCUT2D eigenvalue weighted by Crippen LogP contribution is 1.88. The third kappa shape index (κ3) is 8.81. The van der Waals surface area contributed by atoms with Gasteiger partial charge in [0.15, 0.2) is 5.96 Å². The van der Waals surface area contributed by atoms with Crippen molar-refractivity contribution in [3.63, 3.8) is 0 Å². The molecule has 0 bridgehead atoms. The molecule has 1 amide bonds. The molecule has 0 saturated carbocycles. The topological polar surface area (TPSA) is 74.8 Å². The van der Waals surface area contributed by atoms with Crippen molar-refractivity contribution in [2.75, 3.05) is 39.9 Å². The minimum atomic E-state index is 0.0219. The summed E-state index contributed by atoms with van der Waals surface area (Å²) >= 11 is 0. The van der Waals surface area contributed by atoms with Gasteiger partial charge in [-0.25, -0.2) is 0 Å². The van der Waals surface area contributed by atoms with Crippen molar-refractivity contribution < 1.29 is 9.53 Å². The lowest BCUT2D eigenvalue weighted by atomic mass is 10.2. The third-order valence-corrected chi connectivity index (χ3v) is 2.21. The molecule has 0 aromatic heterocycles. The van der Waals surface area contributed by atoms with E-state index in [9.17, 15) is 4.79 Å². The molecule has 0 fully saturated rings. The molecule has 0 unspecified atom stereocenters. The Morgan fingerprint density at radius 1 is 1.17 bits per heavy atom. The molecule has 6 nitrogen and oxygen atoms in total. The number of rotatable bonds is 8. The Bertz CT molecular complexity index is 254. The third-order valence-electron chi connectivity index (χ3n) is 2.21. The highest BCUT2D eigenvalue weighted by molar-refractivity contribution is 5.80. The molecule has 0 aromatic carbocycles. The summed E-state index contributed by atoms with van der Waals surface area (Å²) in [5.41, 5.74) is 0. The summed E-state index contributed by atoms with van der Waals surface area (Å²) in [4.78, 5) is 15.4. The van der Waals surface area contributed by atoms with E-state index < -0.39 is 0 Å². The zero-order chi connectivity index (χ0) is 13.8. The molecular formula is C12H26N4O2. The van der Waals surface area contributed by atoms with Crippen LogP contribution in [0.1, 0.15) is 20.8 Å². The Kier molecular flexibility index (Phi) is 10.0. The molecular weight excluding hydrogens is 232 g/mol. The number of hydrogen-bond acceptors (Lipinski definition) is 3. The molecule has 0 rings (SSSR count). The molecule has 0 radical (unpaired) electrons. The van der Waals surface area contributed by atoms with Gasteiger partial charge in [0.05, 0.1) is 6.61 Å². The minimum absolute atomic E-state index is 0.0219. The molecule has 0 saturated heterocycles.